The second-order valence-electron chi connectivity index (χ2n) is 11.3. The van der Waals surface area contributed by atoms with Crippen LogP contribution in [-0.4, -0.2) is 98.1 Å². The molecule has 204 valence electrons. The molecule has 5 atom stereocenters. The van der Waals surface area contributed by atoms with E-state index in [0.29, 0.717) is 6.54 Å². The van der Waals surface area contributed by atoms with Crippen molar-refractivity contribution >= 4 is 23.1 Å². The molecule has 0 spiro atoms. The van der Waals surface area contributed by atoms with Gasteiger partial charge in [0.25, 0.3) is 0 Å². The van der Waals surface area contributed by atoms with Gasteiger partial charge in [0.15, 0.2) is 17.2 Å². The average Bonchev–Trinajstić information content (AvgIpc) is 3.37. The maximum absolute atomic E-state index is 14.1. The van der Waals surface area contributed by atoms with E-state index < -0.39 is 63.5 Å². The zero-order valence-electron chi connectivity index (χ0n) is 21.8. The Morgan fingerprint density at radius 1 is 1.11 bits per heavy atom. The third-order valence-electron chi connectivity index (χ3n) is 8.91. The third-order valence-corrected chi connectivity index (χ3v) is 8.91. The minimum absolute atomic E-state index is 0.0627. The number of nitrogens with zero attached hydrogens (tertiary/aromatic N) is 2. The molecule has 0 radical (unpaired) electrons. The monoisotopic (exact) mass is 526 g/mol. The first-order valence-corrected chi connectivity index (χ1v) is 13.0. The molecule has 38 heavy (non-hydrogen) atoms. The number of benzene rings is 1. The number of Topliss-reactive ketones (excluding diaryl/α,β-unsaturated/α-hetero) is 3. The number of hydrogen-bond donors (Lipinski definition) is 5. The molecule has 0 bridgehead atoms. The summed E-state index contributed by atoms with van der Waals surface area (Å²) >= 11 is 0. The van der Waals surface area contributed by atoms with Gasteiger partial charge in [0, 0.05) is 30.4 Å². The first-order chi connectivity index (χ1) is 17.8. The fourth-order valence-corrected chi connectivity index (χ4v) is 6.92. The summed E-state index contributed by atoms with van der Waals surface area (Å²) < 4.78 is 0. The molecule has 5 rings (SSSR count). The van der Waals surface area contributed by atoms with Gasteiger partial charge in [-0.15, -0.1) is 0 Å². The van der Waals surface area contributed by atoms with Gasteiger partial charge in [0.2, 0.25) is 5.78 Å². The van der Waals surface area contributed by atoms with Gasteiger partial charge < -0.3 is 30.4 Å². The predicted octanol–water partition coefficient (Wildman–Crippen LogP) is 1.20. The number of likely N-dealkylation sites (N-methyl/N-ethyl adjacent to an activating group) is 1. The van der Waals surface area contributed by atoms with E-state index in [9.17, 15) is 39.9 Å². The molecule has 1 heterocycles. The number of aliphatic hydroxyl groups excluding tert-OH is 2. The number of rotatable bonds is 5. The lowest BCUT2D eigenvalue weighted by Gasteiger charge is -2.53. The molecule has 1 aromatic carbocycles. The van der Waals surface area contributed by atoms with E-state index in [1.54, 1.807) is 14.1 Å². The van der Waals surface area contributed by atoms with E-state index >= 15 is 0 Å². The Balaban J connectivity index is 1.65. The molecular weight excluding hydrogens is 492 g/mol. The van der Waals surface area contributed by atoms with Crippen molar-refractivity contribution in [3.05, 3.63) is 46.2 Å². The molecule has 4 aliphatic rings. The number of ketones is 3. The molecule has 5 N–H and O–H groups in total. The van der Waals surface area contributed by atoms with E-state index in [2.05, 4.69) is 4.90 Å². The molecule has 0 aromatic heterocycles. The summed E-state index contributed by atoms with van der Waals surface area (Å²) in [6.07, 6.45) is 1.81. The fourth-order valence-electron chi connectivity index (χ4n) is 6.92. The molecule has 2 fully saturated rings. The normalized spacial score (nSPS) is 33.5. The second-order valence-corrected chi connectivity index (χ2v) is 11.3. The van der Waals surface area contributed by atoms with Gasteiger partial charge in [0.05, 0.1) is 17.2 Å². The number of carbonyl (C=O) groups is 3. The summed E-state index contributed by atoms with van der Waals surface area (Å²) in [6, 6.07) is 3.18. The molecule has 2 unspecified atom stereocenters. The van der Waals surface area contributed by atoms with Crippen molar-refractivity contribution in [2.75, 3.05) is 33.7 Å². The number of phenolic OH excluding ortho intramolecular Hbond substituents is 1. The smallest absolute Gasteiger partial charge is 0.202 e. The van der Waals surface area contributed by atoms with E-state index in [-0.39, 0.29) is 35.3 Å². The molecule has 1 saturated carbocycles. The topological polar surface area (TPSA) is 159 Å². The van der Waals surface area contributed by atoms with Crippen LogP contribution in [0.25, 0.3) is 5.76 Å². The highest BCUT2D eigenvalue weighted by atomic mass is 16.3. The highest BCUT2D eigenvalue weighted by Gasteiger charge is 2.66. The van der Waals surface area contributed by atoms with Crippen molar-refractivity contribution in [3.63, 3.8) is 0 Å². The largest absolute Gasteiger partial charge is 0.508 e. The molecular formula is C28H34N2O8. The highest BCUT2D eigenvalue weighted by Crippen LogP contribution is 2.57. The van der Waals surface area contributed by atoms with E-state index in [0.717, 1.165) is 25.9 Å². The molecule has 10 nitrogen and oxygen atoms in total. The van der Waals surface area contributed by atoms with Gasteiger partial charge in [-0.25, -0.2) is 0 Å². The molecule has 1 aliphatic heterocycles. The minimum Gasteiger partial charge on any atom is -0.508 e. The van der Waals surface area contributed by atoms with Crippen LogP contribution >= 0.6 is 0 Å². The van der Waals surface area contributed by atoms with Crippen LogP contribution in [0.5, 0.6) is 5.75 Å². The molecule has 1 saturated heterocycles. The lowest BCUT2D eigenvalue weighted by atomic mass is 9.54. The molecule has 10 heteroatoms. The van der Waals surface area contributed by atoms with Crippen LogP contribution in [0.1, 0.15) is 43.7 Å². The average molecular weight is 527 g/mol. The first kappa shape index (κ1) is 26.6. The standard InChI is InChI=1S/C28H34N2O8/c1-27(37)14-7-6-8-17(31)19(14)23(33)20-15(27)13-16-22(29(2)3)24(34)21(26(36)28(16,38)25(20)35)18(32)9-12-30-10-4-5-11-30/h6-8,15-16,22,31,33,36-38H,4-5,9-13H2,1-3H3/t15?,16-,22?,27+,28-/m0/s1. The van der Waals surface area contributed by atoms with Crippen LogP contribution in [0.4, 0.5) is 0 Å². The molecule has 3 aliphatic carbocycles. The van der Waals surface area contributed by atoms with Crippen LogP contribution in [0, 0.1) is 11.8 Å². The Labute approximate surface area is 220 Å². The highest BCUT2D eigenvalue weighted by molar-refractivity contribution is 6.25. The van der Waals surface area contributed by atoms with Gasteiger partial charge >= 0.3 is 0 Å². The Kier molecular flexibility index (Phi) is 6.30. The van der Waals surface area contributed by atoms with Gasteiger partial charge in [-0.1, -0.05) is 12.1 Å². The maximum Gasteiger partial charge on any atom is 0.202 e. The summed E-state index contributed by atoms with van der Waals surface area (Å²) in [5.74, 6) is -6.70. The number of likely N-dealkylation sites (tertiary alicyclic amines) is 1. The number of phenols is 1. The fraction of sp³-hybridized carbons (Fsp3) is 0.536. The lowest BCUT2D eigenvalue weighted by Crippen LogP contribution is -2.66. The number of hydrogen-bond acceptors (Lipinski definition) is 10. The van der Waals surface area contributed by atoms with Crippen LogP contribution < -0.4 is 0 Å². The third kappa shape index (κ3) is 3.58. The summed E-state index contributed by atoms with van der Waals surface area (Å²) in [5.41, 5.74) is -5.33. The van der Waals surface area contributed by atoms with Gasteiger partial charge in [-0.3, -0.25) is 19.3 Å². The van der Waals surface area contributed by atoms with E-state index in [1.165, 1.54) is 30.0 Å². The van der Waals surface area contributed by atoms with Crippen LogP contribution in [0.3, 0.4) is 0 Å². The second kappa shape index (κ2) is 9.01. The van der Waals surface area contributed by atoms with Gasteiger partial charge in [-0.2, -0.15) is 0 Å². The first-order valence-electron chi connectivity index (χ1n) is 13.0. The molecule has 1 aromatic rings. The predicted molar refractivity (Wildman–Crippen MR) is 136 cm³/mol. The SMILES string of the molecule is CN(C)C1C(=O)C(C(=O)CCN2CCCC2)=C(O)[C@@]2(O)C(=O)C3=C(O)c4c(O)cccc4[C@@](C)(O)C3C[C@@H]12. The van der Waals surface area contributed by atoms with Crippen LogP contribution in [0.15, 0.2) is 35.1 Å². The quantitative estimate of drug-likeness (QED) is 0.353. The Bertz CT molecular complexity index is 1290. The summed E-state index contributed by atoms with van der Waals surface area (Å²) in [6.45, 7) is 3.50. The van der Waals surface area contributed by atoms with Gasteiger partial charge in [0.1, 0.15) is 22.8 Å². The Morgan fingerprint density at radius 2 is 1.76 bits per heavy atom. The van der Waals surface area contributed by atoms with Crippen molar-refractivity contribution in [1.29, 1.82) is 0 Å². The van der Waals surface area contributed by atoms with Gasteiger partial charge in [-0.05, 0) is 65.0 Å². The zero-order valence-corrected chi connectivity index (χ0v) is 21.8. The lowest BCUT2D eigenvalue weighted by molar-refractivity contribution is -0.159. The minimum atomic E-state index is -2.68. The Morgan fingerprint density at radius 3 is 2.39 bits per heavy atom. The number of aliphatic hydroxyl groups is 4. The van der Waals surface area contributed by atoms with Crippen molar-refractivity contribution in [2.45, 2.75) is 49.9 Å². The summed E-state index contributed by atoms with van der Waals surface area (Å²) in [4.78, 5) is 44.6. The van der Waals surface area contributed by atoms with Crippen molar-refractivity contribution in [1.82, 2.24) is 9.80 Å². The van der Waals surface area contributed by atoms with E-state index in [1.807, 2.05) is 0 Å². The Hall–Kier alpha value is -3.05. The maximum atomic E-state index is 14.1. The van der Waals surface area contributed by atoms with Crippen LogP contribution in [0.2, 0.25) is 0 Å². The number of aromatic hydroxyl groups is 1. The number of carbonyl (C=O) groups excluding carboxylic acids is 3. The number of fused-ring (bicyclic) bond motifs is 3. The van der Waals surface area contributed by atoms with Crippen molar-refractivity contribution in [2.24, 2.45) is 11.8 Å². The van der Waals surface area contributed by atoms with E-state index in [4.69, 9.17) is 0 Å². The van der Waals surface area contributed by atoms with Crippen molar-refractivity contribution in [3.8, 4) is 5.75 Å². The summed E-state index contributed by atoms with van der Waals surface area (Å²) in [7, 11) is 3.16. The van der Waals surface area contributed by atoms with Crippen LogP contribution in [-0.2, 0) is 20.0 Å². The van der Waals surface area contributed by atoms with Crippen molar-refractivity contribution < 1.29 is 39.9 Å². The zero-order chi connectivity index (χ0) is 27.7. The molecule has 0 amide bonds. The summed E-state index contributed by atoms with van der Waals surface area (Å²) in [5, 5.41) is 56.5.